The van der Waals surface area contributed by atoms with Crippen LogP contribution in [0.2, 0.25) is 0 Å². The second-order valence-corrected chi connectivity index (χ2v) is 3.07. The molecule has 2 atom stereocenters. The summed E-state index contributed by atoms with van der Waals surface area (Å²) < 4.78 is 0. The van der Waals surface area contributed by atoms with Gasteiger partial charge in [-0.25, -0.2) is 0 Å². The highest BCUT2D eigenvalue weighted by atomic mass is 16.3. The Morgan fingerprint density at radius 3 is 2.10 bits per heavy atom. The summed E-state index contributed by atoms with van der Waals surface area (Å²) in [6.07, 6.45) is 3.42. The average Bonchev–Trinajstić information content (AvgIpc) is 1.99. The molecule has 0 rings (SSSR count). The van der Waals surface area contributed by atoms with Gasteiger partial charge in [0.05, 0.1) is 0 Å². The van der Waals surface area contributed by atoms with Gasteiger partial charge in [0, 0.05) is 6.61 Å². The van der Waals surface area contributed by atoms with Crippen LogP contribution in [0.25, 0.3) is 0 Å². The summed E-state index contributed by atoms with van der Waals surface area (Å²) >= 11 is 0. The van der Waals surface area contributed by atoms with Gasteiger partial charge < -0.3 is 5.11 Å². The molecule has 0 aromatic heterocycles. The lowest BCUT2D eigenvalue weighted by atomic mass is 9.87. The van der Waals surface area contributed by atoms with Crippen molar-refractivity contribution in [3.05, 3.63) is 0 Å². The number of rotatable bonds is 5. The zero-order valence-electron chi connectivity index (χ0n) is 7.43. The first kappa shape index (κ1) is 9.96. The molecule has 1 N–H and O–H groups in total. The monoisotopic (exact) mass is 144 g/mol. The Hall–Kier alpha value is -0.0400. The molecule has 10 heavy (non-hydrogen) atoms. The summed E-state index contributed by atoms with van der Waals surface area (Å²) in [5.74, 6) is 1.51. The second kappa shape index (κ2) is 5.72. The summed E-state index contributed by atoms with van der Waals surface area (Å²) in [4.78, 5) is 0. The molecule has 0 aliphatic carbocycles. The molecular weight excluding hydrogens is 124 g/mol. The second-order valence-electron chi connectivity index (χ2n) is 3.07. The smallest absolute Gasteiger partial charge is 0.0433 e. The van der Waals surface area contributed by atoms with E-state index in [1.165, 1.54) is 12.8 Å². The van der Waals surface area contributed by atoms with Gasteiger partial charge in [0.15, 0.2) is 0 Å². The Bertz CT molecular complexity index is 71.1. The van der Waals surface area contributed by atoms with Gasteiger partial charge in [-0.15, -0.1) is 0 Å². The Labute approximate surface area is 64.5 Å². The van der Waals surface area contributed by atoms with E-state index in [1.807, 2.05) is 0 Å². The molecule has 0 heterocycles. The molecule has 1 heteroatoms. The van der Waals surface area contributed by atoms with Gasteiger partial charge in [-0.2, -0.15) is 0 Å². The van der Waals surface area contributed by atoms with Crippen molar-refractivity contribution in [2.45, 2.75) is 40.0 Å². The Morgan fingerprint density at radius 2 is 1.80 bits per heavy atom. The fourth-order valence-corrected chi connectivity index (χ4v) is 1.39. The van der Waals surface area contributed by atoms with Crippen LogP contribution in [0, 0.1) is 11.8 Å². The molecule has 0 aromatic carbocycles. The summed E-state index contributed by atoms with van der Waals surface area (Å²) in [5.41, 5.74) is 0. The summed E-state index contributed by atoms with van der Waals surface area (Å²) in [6, 6.07) is 0. The summed E-state index contributed by atoms with van der Waals surface area (Å²) in [7, 11) is 0. The third-order valence-corrected chi connectivity index (χ3v) is 2.47. The molecule has 62 valence electrons. The van der Waals surface area contributed by atoms with E-state index in [4.69, 9.17) is 5.11 Å². The minimum atomic E-state index is 0.350. The molecule has 0 fully saturated rings. The van der Waals surface area contributed by atoms with Crippen molar-refractivity contribution in [1.29, 1.82) is 0 Å². The van der Waals surface area contributed by atoms with Crippen LogP contribution in [0.1, 0.15) is 40.0 Å². The highest BCUT2D eigenvalue weighted by Gasteiger charge is 2.11. The lowest BCUT2D eigenvalue weighted by molar-refractivity contribution is 0.219. The Balaban J connectivity index is 3.56. The van der Waals surface area contributed by atoms with Crippen LogP contribution in [0.4, 0.5) is 0 Å². The minimum Gasteiger partial charge on any atom is -0.396 e. The van der Waals surface area contributed by atoms with Gasteiger partial charge in [0.25, 0.3) is 0 Å². The Kier molecular flexibility index (Phi) is 5.70. The van der Waals surface area contributed by atoms with Crippen LogP contribution >= 0.6 is 0 Å². The van der Waals surface area contributed by atoms with E-state index in [2.05, 4.69) is 20.8 Å². The van der Waals surface area contributed by atoms with Crippen molar-refractivity contribution in [3.63, 3.8) is 0 Å². The third kappa shape index (κ3) is 3.21. The Morgan fingerprint density at radius 1 is 1.20 bits per heavy atom. The fraction of sp³-hybridized carbons (Fsp3) is 1.00. The van der Waals surface area contributed by atoms with Gasteiger partial charge in [0.1, 0.15) is 0 Å². The van der Waals surface area contributed by atoms with Crippen LogP contribution in [0.5, 0.6) is 0 Å². The standard InChI is InChI=1S/C9H20O/c1-4-8(3)9(5-2)6-7-10/h8-10H,4-7H2,1-3H3. The molecule has 1 nitrogen and oxygen atoms in total. The molecule has 0 saturated carbocycles. The van der Waals surface area contributed by atoms with E-state index >= 15 is 0 Å². The summed E-state index contributed by atoms with van der Waals surface area (Å²) in [5, 5.41) is 8.71. The van der Waals surface area contributed by atoms with Gasteiger partial charge in [0.2, 0.25) is 0 Å². The number of aliphatic hydroxyl groups is 1. The molecule has 0 saturated heterocycles. The van der Waals surface area contributed by atoms with Crippen LogP contribution in [-0.4, -0.2) is 11.7 Å². The first-order chi connectivity index (χ1) is 4.76. The van der Waals surface area contributed by atoms with Gasteiger partial charge in [-0.3, -0.25) is 0 Å². The van der Waals surface area contributed by atoms with E-state index in [1.54, 1.807) is 0 Å². The van der Waals surface area contributed by atoms with Crippen molar-refractivity contribution >= 4 is 0 Å². The lowest BCUT2D eigenvalue weighted by Crippen LogP contribution is -2.11. The lowest BCUT2D eigenvalue weighted by Gasteiger charge is -2.19. The third-order valence-electron chi connectivity index (χ3n) is 2.47. The predicted molar refractivity (Wildman–Crippen MR) is 44.9 cm³/mol. The maximum atomic E-state index is 8.71. The number of hydrogen-bond acceptors (Lipinski definition) is 1. The zero-order chi connectivity index (χ0) is 7.98. The quantitative estimate of drug-likeness (QED) is 0.628. The largest absolute Gasteiger partial charge is 0.396 e. The maximum absolute atomic E-state index is 8.71. The molecule has 0 aliphatic rings. The number of aliphatic hydroxyl groups excluding tert-OH is 1. The molecular formula is C9H20O. The molecule has 0 spiro atoms. The van der Waals surface area contributed by atoms with E-state index in [9.17, 15) is 0 Å². The summed E-state index contributed by atoms with van der Waals surface area (Å²) in [6.45, 7) is 7.03. The topological polar surface area (TPSA) is 20.2 Å². The van der Waals surface area contributed by atoms with E-state index in [0.717, 1.165) is 18.3 Å². The van der Waals surface area contributed by atoms with Gasteiger partial charge in [-0.1, -0.05) is 33.6 Å². The SMILES string of the molecule is CCC(C)C(CC)CCO. The average molecular weight is 144 g/mol. The van der Waals surface area contributed by atoms with Crippen LogP contribution in [0.3, 0.4) is 0 Å². The van der Waals surface area contributed by atoms with Crippen molar-refractivity contribution in [1.82, 2.24) is 0 Å². The van der Waals surface area contributed by atoms with Gasteiger partial charge in [-0.05, 0) is 18.3 Å². The molecule has 0 amide bonds. The van der Waals surface area contributed by atoms with Crippen LogP contribution in [-0.2, 0) is 0 Å². The van der Waals surface area contributed by atoms with Crippen molar-refractivity contribution in [2.75, 3.05) is 6.61 Å². The van der Waals surface area contributed by atoms with Gasteiger partial charge >= 0.3 is 0 Å². The van der Waals surface area contributed by atoms with Crippen molar-refractivity contribution in [3.8, 4) is 0 Å². The highest BCUT2D eigenvalue weighted by Crippen LogP contribution is 2.21. The molecule has 2 unspecified atom stereocenters. The van der Waals surface area contributed by atoms with Crippen molar-refractivity contribution < 1.29 is 5.11 Å². The maximum Gasteiger partial charge on any atom is 0.0433 e. The molecule has 0 bridgehead atoms. The van der Waals surface area contributed by atoms with E-state index in [0.29, 0.717) is 6.61 Å². The predicted octanol–water partition coefficient (Wildman–Crippen LogP) is 2.44. The normalized spacial score (nSPS) is 16.8. The fourth-order valence-electron chi connectivity index (χ4n) is 1.39. The number of hydrogen-bond donors (Lipinski definition) is 1. The van der Waals surface area contributed by atoms with Crippen molar-refractivity contribution in [2.24, 2.45) is 11.8 Å². The molecule has 0 aromatic rings. The molecule has 0 aliphatic heterocycles. The first-order valence-corrected chi connectivity index (χ1v) is 4.37. The van der Waals surface area contributed by atoms with E-state index < -0.39 is 0 Å². The van der Waals surface area contributed by atoms with Crippen LogP contribution in [0.15, 0.2) is 0 Å². The highest BCUT2D eigenvalue weighted by molar-refractivity contribution is 4.62. The van der Waals surface area contributed by atoms with E-state index in [-0.39, 0.29) is 0 Å². The van der Waals surface area contributed by atoms with Crippen LogP contribution < -0.4 is 0 Å². The minimum absolute atomic E-state index is 0.350. The zero-order valence-corrected chi connectivity index (χ0v) is 7.43. The first-order valence-electron chi connectivity index (χ1n) is 4.37. The molecule has 0 radical (unpaired) electrons.